The zero-order chi connectivity index (χ0) is 20.5. The van der Waals surface area contributed by atoms with E-state index < -0.39 is 0 Å². The van der Waals surface area contributed by atoms with Gasteiger partial charge >= 0.3 is 0 Å². The van der Waals surface area contributed by atoms with Gasteiger partial charge in [0, 0.05) is 49.0 Å². The van der Waals surface area contributed by atoms with Crippen molar-refractivity contribution in [3.05, 3.63) is 69.8 Å². The summed E-state index contributed by atoms with van der Waals surface area (Å²) in [5, 5.41) is 0.855. The molecule has 29 heavy (non-hydrogen) atoms. The number of hydrogen-bond donors (Lipinski definition) is 0. The molecule has 2 amide bonds. The van der Waals surface area contributed by atoms with Crippen LogP contribution in [0, 0.1) is 0 Å². The Hall–Kier alpha value is -2.50. The number of imide groups is 1. The topological polar surface area (TPSA) is 43.9 Å². The SMILES string of the molecule is CCN1C(=O)C(c2ccc(Cl)cc2Cl)=C(N2CCN(c3ccccc3)CC2)C1=O. The van der Waals surface area contributed by atoms with Crippen LogP contribution in [0.2, 0.25) is 10.0 Å². The van der Waals surface area contributed by atoms with E-state index in [1.54, 1.807) is 25.1 Å². The number of nitrogens with zero attached hydrogens (tertiary/aromatic N) is 3. The van der Waals surface area contributed by atoms with Gasteiger partial charge in [0.05, 0.1) is 10.6 Å². The number of piperazine rings is 1. The molecule has 0 aliphatic carbocycles. The lowest BCUT2D eigenvalue weighted by molar-refractivity contribution is -0.137. The highest BCUT2D eigenvalue weighted by Crippen LogP contribution is 2.36. The minimum atomic E-state index is -0.304. The zero-order valence-corrected chi connectivity index (χ0v) is 17.6. The molecule has 2 aliphatic heterocycles. The summed E-state index contributed by atoms with van der Waals surface area (Å²) in [5.41, 5.74) is 2.51. The minimum absolute atomic E-state index is 0.258. The predicted molar refractivity (Wildman–Crippen MR) is 116 cm³/mol. The van der Waals surface area contributed by atoms with E-state index in [1.165, 1.54) is 4.90 Å². The highest BCUT2D eigenvalue weighted by Gasteiger charge is 2.42. The minimum Gasteiger partial charge on any atom is -0.368 e. The molecule has 0 N–H and O–H groups in total. The van der Waals surface area contributed by atoms with Gasteiger partial charge < -0.3 is 9.80 Å². The summed E-state index contributed by atoms with van der Waals surface area (Å²) in [6.07, 6.45) is 0. The van der Waals surface area contributed by atoms with E-state index in [1.807, 2.05) is 23.1 Å². The first-order valence-electron chi connectivity index (χ1n) is 9.62. The highest BCUT2D eigenvalue weighted by molar-refractivity contribution is 6.41. The lowest BCUT2D eigenvalue weighted by atomic mass is 10.0. The van der Waals surface area contributed by atoms with Gasteiger partial charge in [0.2, 0.25) is 0 Å². The maximum atomic E-state index is 13.1. The Labute approximate surface area is 180 Å². The fraction of sp³-hybridized carbons (Fsp3) is 0.273. The van der Waals surface area contributed by atoms with Gasteiger partial charge in [0.15, 0.2) is 0 Å². The smallest absolute Gasteiger partial charge is 0.277 e. The van der Waals surface area contributed by atoms with Gasteiger partial charge in [-0.05, 0) is 31.2 Å². The van der Waals surface area contributed by atoms with E-state index in [4.69, 9.17) is 23.2 Å². The molecular formula is C22H21Cl2N3O2. The average molecular weight is 430 g/mol. The summed E-state index contributed by atoms with van der Waals surface area (Å²) < 4.78 is 0. The molecule has 7 heteroatoms. The maximum Gasteiger partial charge on any atom is 0.277 e. The Morgan fingerprint density at radius 1 is 0.862 bits per heavy atom. The van der Waals surface area contributed by atoms with Crippen LogP contribution in [-0.2, 0) is 9.59 Å². The van der Waals surface area contributed by atoms with Gasteiger partial charge in [-0.25, -0.2) is 0 Å². The highest BCUT2D eigenvalue weighted by atomic mass is 35.5. The molecule has 0 aromatic heterocycles. The summed E-state index contributed by atoms with van der Waals surface area (Å²) in [6, 6.07) is 15.2. The quantitative estimate of drug-likeness (QED) is 0.690. The molecule has 5 nitrogen and oxygen atoms in total. The molecule has 0 atom stereocenters. The van der Waals surface area contributed by atoms with E-state index in [0.29, 0.717) is 46.5 Å². The summed E-state index contributed by atoms with van der Waals surface area (Å²) in [5.74, 6) is -0.561. The summed E-state index contributed by atoms with van der Waals surface area (Å²) in [6.45, 7) is 4.95. The normalized spacial score (nSPS) is 17.6. The van der Waals surface area contributed by atoms with Crippen LogP contribution in [0.5, 0.6) is 0 Å². The van der Waals surface area contributed by atoms with E-state index in [-0.39, 0.29) is 11.8 Å². The molecule has 0 spiro atoms. The third-order valence-electron chi connectivity index (χ3n) is 5.38. The zero-order valence-electron chi connectivity index (χ0n) is 16.1. The second-order valence-corrected chi connectivity index (χ2v) is 7.86. The standard InChI is InChI=1S/C22H21Cl2N3O2/c1-2-27-21(28)19(17-9-8-15(23)14-18(17)24)20(22(27)29)26-12-10-25(11-13-26)16-6-4-3-5-7-16/h3-9,14H,2,10-13H2,1H3. The molecule has 0 saturated carbocycles. The molecule has 0 radical (unpaired) electrons. The van der Waals surface area contributed by atoms with Crippen LogP contribution in [0.25, 0.3) is 5.57 Å². The molecule has 2 aromatic rings. The van der Waals surface area contributed by atoms with Gasteiger partial charge in [-0.3, -0.25) is 14.5 Å². The third-order valence-corrected chi connectivity index (χ3v) is 5.93. The van der Waals surface area contributed by atoms with Crippen LogP contribution in [0.3, 0.4) is 0 Å². The van der Waals surface area contributed by atoms with Crippen LogP contribution < -0.4 is 4.90 Å². The fourth-order valence-electron chi connectivity index (χ4n) is 3.91. The molecule has 1 fully saturated rings. The van der Waals surface area contributed by atoms with Crippen molar-refractivity contribution in [1.29, 1.82) is 0 Å². The largest absolute Gasteiger partial charge is 0.368 e. The van der Waals surface area contributed by atoms with Crippen molar-refractivity contribution in [2.45, 2.75) is 6.92 Å². The van der Waals surface area contributed by atoms with Crippen LogP contribution in [-0.4, -0.2) is 54.3 Å². The number of benzene rings is 2. The molecule has 2 aromatic carbocycles. The Bertz CT molecular complexity index is 983. The number of carbonyl (C=O) groups excluding carboxylic acids is 2. The lowest BCUT2D eigenvalue weighted by Gasteiger charge is -2.37. The number of halogens is 2. The summed E-state index contributed by atoms with van der Waals surface area (Å²) in [7, 11) is 0. The molecule has 0 unspecified atom stereocenters. The third kappa shape index (κ3) is 3.61. The number of likely N-dealkylation sites (N-methyl/N-ethyl adjacent to an activating group) is 1. The Balaban J connectivity index is 1.68. The van der Waals surface area contributed by atoms with Crippen molar-refractivity contribution in [1.82, 2.24) is 9.80 Å². The predicted octanol–water partition coefficient (Wildman–Crippen LogP) is 3.92. The number of anilines is 1. The molecule has 2 aliphatic rings. The van der Waals surface area contributed by atoms with Gasteiger partial charge in [-0.15, -0.1) is 0 Å². The number of rotatable bonds is 4. The van der Waals surface area contributed by atoms with Crippen LogP contribution >= 0.6 is 23.2 Å². The molecule has 1 saturated heterocycles. The van der Waals surface area contributed by atoms with Crippen molar-refractivity contribution in [2.75, 3.05) is 37.6 Å². The first-order chi connectivity index (χ1) is 14.0. The molecule has 150 valence electrons. The number of amides is 2. The number of para-hydroxylation sites is 1. The van der Waals surface area contributed by atoms with Crippen LogP contribution in [0.4, 0.5) is 5.69 Å². The van der Waals surface area contributed by atoms with Crippen LogP contribution in [0.15, 0.2) is 54.2 Å². The molecular weight excluding hydrogens is 409 g/mol. The fourth-order valence-corrected chi connectivity index (χ4v) is 4.41. The number of carbonyl (C=O) groups is 2. The van der Waals surface area contributed by atoms with Gasteiger partial charge in [-0.1, -0.05) is 47.5 Å². The first-order valence-corrected chi connectivity index (χ1v) is 10.4. The maximum absolute atomic E-state index is 13.1. The summed E-state index contributed by atoms with van der Waals surface area (Å²) >= 11 is 12.4. The van der Waals surface area contributed by atoms with Crippen LogP contribution in [0.1, 0.15) is 12.5 Å². The first kappa shape index (κ1) is 19.8. The second-order valence-electron chi connectivity index (χ2n) is 7.01. The van der Waals surface area contributed by atoms with Crippen molar-refractivity contribution < 1.29 is 9.59 Å². The lowest BCUT2D eigenvalue weighted by Crippen LogP contribution is -2.47. The number of hydrogen-bond acceptors (Lipinski definition) is 4. The van der Waals surface area contributed by atoms with Crippen molar-refractivity contribution >= 4 is 46.3 Å². The molecule has 4 rings (SSSR count). The Kier molecular flexibility index (Phi) is 5.52. The van der Waals surface area contributed by atoms with Gasteiger partial charge in [0.25, 0.3) is 11.8 Å². The van der Waals surface area contributed by atoms with Gasteiger partial charge in [0.1, 0.15) is 5.70 Å². The summed E-state index contributed by atoms with van der Waals surface area (Å²) in [4.78, 5) is 31.7. The Morgan fingerprint density at radius 3 is 2.14 bits per heavy atom. The van der Waals surface area contributed by atoms with E-state index >= 15 is 0 Å². The van der Waals surface area contributed by atoms with Crippen molar-refractivity contribution in [2.24, 2.45) is 0 Å². The van der Waals surface area contributed by atoms with Crippen molar-refractivity contribution in [3.63, 3.8) is 0 Å². The second kappa shape index (κ2) is 8.09. The molecule has 0 bridgehead atoms. The van der Waals surface area contributed by atoms with E-state index in [2.05, 4.69) is 17.0 Å². The van der Waals surface area contributed by atoms with E-state index in [9.17, 15) is 9.59 Å². The monoisotopic (exact) mass is 429 g/mol. The average Bonchev–Trinajstić information content (AvgIpc) is 2.98. The molecule has 2 heterocycles. The van der Waals surface area contributed by atoms with Gasteiger partial charge in [-0.2, -0.15) is 0 Å². The Morgan fingerprint density at radius 2 is 1.52 bits per heavy atom. The van der Waals surface area contributed by atoms with Crippen molar-refractivity contribution in [3.8, 4) is 0 Å². The van der Waals surface area contributed by atoms with E-state index in [0.717, 1.165) is 18.8 Å².